The first-order valence-corrected chi connectivity index (χ1v) is 9.56. The molecule has 0 atom stereocenters. The summed E-state index contributed by atoms with van der Waals surface area (Å²) in [6.45, 7) is 5.68. The summed E-state index contributed by atoms with van der Waals surface area (Å²) in [5.74, 6) is -0.348. The largest absolute Gasteiger partial charge is 0.460 e. The van der Waals surface area contributed by atoms with Gasteiger partial charge in [0, 0.05) is 43.7 Å². The maximum absolute atomic E-state index is 14.0. The molecule has 1 saturated heterocycles. The van der Waals surface area contributed by atoms with E-state index in [0.29, 0.717) is 24.4 Å². The molecule has 0 N–H and O–H groups in total. The third-order valence-corrected chi connectivity index (χ3v) is 5.11. The number of carbonyl (C=O) groups excluding carboxylic acids is 1. The molecule has 2 aromatic carbocycles. The lowest BCUT2D eigenvalue weighted by Crippen LogP contribution is -2.46. The van der Waals surface area contributed by atoms with Crippen molar-refractivity contribution in [2.75, 3.05) is 37.7 Å². The number of rotatable bonds is 5. The quantitative estimate of drug-likeness (QED) is 0.623. The molecule has 2 heterocycles. The number of hydrogen-bond donors (Lipinski definition) is 0. The minimum absolute atomic E-state index is 0.193. The summed E-state index contributed by atoms with van der Waals surface area (Å²) in [6.07, 6.45) is 0. The molecule has 1 aliphatic heterocycles. The number of para-hydroxylation sites is 2. The predicted octanol–water partition coefficient (Wildman–Crippen LogP) is 4.07. The average molecular weight is 382 g/mol. The SMILES string of the molecule is CCOC(=O)c1oc2ccccc2c1CN1CCN(c2ccccc2F)CC1. The molecule has 0 aliphatic carbocycles. The Labute approximate surface area is 163 Å². The number of furan rings is 1. The number of fused-ring (bicyclic) bond motifs is 1. The van der Waals surface area contributed by atoms with Crippen molar-refractivity contribution < 1.29 is 18.3 Å². The summed E-state index contributed by atoms with van der Waals surface area (Å²) in [4.78, 5) is 16.7. The van der Waals surface area contributed by atoms with Crippen LogP contribution in [0.2, 0.25) is 0 Å². The lowest BCUT2D eigenvalue weighted by atomic mass is 10.1. The maximum Gasteiger partial charge on any atom is 0.374 e. The fourth-order valence-corrected chi connectivity index (χ4v) is 3.70. The molecule has 1 aliphatic rings. The third-order valence-electron chi connectivity index (χ3n) is 5.11. The minimum atomic E-state index is -0.432. The molecule has 0 amide bonds. The van der Waals surface area contributed by atoms with E-state index in [-0.39, 0.29) is 11.6 Å². The topological polar surface area (TPSA) is 45.9 Å². The second-order valence-corrected chi connectivity index (χ2v) is 6.84. The molecular formula is C22H23FN2O3. The normalized spacial score (nSPS) is 15.1. The summed E-state index contributed by atoms with van der Waals surface area (Å²) in [5, 5.41) is 0.932. The second kappa shape index (κ2) is 8.02. The molecule has 0 radical (unpaired) electrons. The Hall–Kier alpha value is -2.86. The monoisotopic (exact) mass is 382 g/mol. The van der Waals surface area contributed by atoms with Gasteiger partial charge in [-0.15, -0.1) is 0 Å². The molecule has 0 unspecified atom stereocenters. The van der Waals surface area contributed by atoms with E-state index in [1.807, 2.05) is 36.4 Å². The zero-order valence-corrected chi connectivity index (χ0v) is 15.9. The van der Waals surface area contributed by atoms with E-state index in [1.54, 1.807) is 13.0 Å². The van der Waals surface area contributed by atoms with E-state index in [4.69, 9.17) is 9.15 Å². The van der Waals surface area contributed by atoms with Gasteiger partial charge in [-0.3, -0.25) is 4.90 Å². The highest BCUT2D eigenvalue weighted by molar-refractivity contribution is 5.96. The molecule has 5 nitrogen and oxygen atoms in total. The van der Waals surface area contributed by atoms with Crippen LogP contribution in [0.15, 0.2) is 52.9 Å². The first kappa shape index (κ1) is 18.5. The first-order valence-electron chi connectivity index (χ1n) is 9.56. The van der Waals surface area contributed by atoms with Crippen LogP contribution in [0.4, 0.5) is 10.1 Å². The number of ether oxygens (including phenoxy) is 1. The fourth-order valence-electron chi connectivity index (χ4n) is 3.70. The van der Waals surface area contributed by atoms with Crippen molar-refractivity contribution in [1.29, 1.82) is 0 Å². The van der Waals surface area contributed by atoms with Gasteiger partial charge in [-0.2, -0.15) is 0 Å². The van der Waals surface area contributed by atoms with Crippen LogP contribution in [0.5, 0.6) is 0 Å². The molecule has 0 spiro atoms. The van der Waals surface area contributed by atoms with E-state index >= 15 is 0 Å². The summed E-state index contributed by atoms with van der Waals surface area (Å²) < 4.78 is 25.0. The summed E-state index contributed by atoms with van der Waals surface area (Å²) in [7, 11) is 0. The number of carbonyl (C=O) groups is 1. The van der Waals surface area contributed by atoms with Crippen LogP contribution in [-0.2, 0) is 11.3 Å². The highest BCUT2D eigenvalue weighted by Gasteiger charge is 2.25. The number of benzene rings is 2. The van der Waals surface area contributed by atoms with E-state index in [0.717, 1.165) is 37.1 Å². The molecular weight excluding hydrogens is 359 g/mol. The standard InChI is InChI=1S/C22H23FN2O3/c1-2-27-22(26)21-17(16-7-3-6-10-20(16)28-21)15-24-11-13-25(14-12-24)19-9-5-4-8-18(19)23/h3-10H,2,11-15H2,1H3. The van der Waals surface area contributed by atoms with Crippen LogP contribution >= 0.6 is 0 Å². The van der Waals surface area contributed by atoms with Gasteiger partial charge in [-0.05, 0) is 25.1 Å². The van der Waals surface area contributed by atoms with Crippen LogP contribution in [0, 0.1) is 5.82 Å². The maximum atomic E-state index is 14.0. The Morgan fingerprint density at radius 1 is 1.07 bits per heavy atom. The average Bonchev–Trinajstić information content (AvgIpc) is 3.08. The molecule has 146 valence electrons. The van der Waals surface area contributed by atoms with Crippen LogP contribution in [-0.4, -0.2) is 43.7 Å². The minimum Gasteiger partial charge on any atom is -0.460 e. The Balaban J connectivity index is 1.52. The van der Waals surface area contributed by atoms with Gasteiger partial charge < -0.3 is 14.1 Å². The second-order valence-electron chi connectivity index (χ2n) is 6.84. The van der Waals surface area contributed by atoms with Gasteiger partial charge >= 0.3 is 5.97 Å². The fraction of sp³-hybridized carbons (Fsp3) is 0.318. The lowest BCUT2D eigenvalue weighted by molar-refractivity contribution is 0.0489. The molecule has 6 heteroatoms. The van der Waals surface area contributed by atoms with Crippen LogP contribution in [0.25, 0.3) is 11.0 Å². The van der Waals surface area contributed by atoms with Gasteiger partial charge in [-0.1, -0.05) is 30.3 Å². The smallest absolute Gasteiger partial charge is 0.374 e. The van der Waals surface area contributed by atoms with Gasteiger partial charge in [0.05, 0.1) is 12.3 Å². The Morgan fingerprint density at radius 2 is 1.79 bits per heavy atom. The van der Waals surface area contributed by atoms with Gasteiger partial charge in [0.25, 0.3) is 0 Å². The van der Waals surface area contributed by atoms with Gasteiger partial charge in [0.2, 0.25) is 5.76 Å². The molecule has 0 saturated carbocycles. The van der Waals surface area contributed by atoms with Crippen molar-refractivity contribution in [3.63, 3.8) is 0 Å². The zero-order chi connectivity index (χ0) is 19.5. The highest BCUT2D eigenvalue weighted by Crippen LogP contribution is 2.29. The van der Waals surface area contributed by atoms with Gasteiger partial charge in [-0.25, -0.2) is 9.18 Å². The number of anilines is 1. The van der Waals surface area contributed by atoms with Crippen molar-refractivity contribution in [1.82, 2.24) is 4.90 Å². The molecule has 0 bridgehead atoms. The van der Waals surface area contributed by atoms with Crippen LogP contribution < -0.4 is 4.90 Å². The van der Waals surface area contributed by atoms with Crippen molar-refractivity contribution in [2.24, 2.45) is 0 Å². The van der Waals surface area contributed by atoms with Gasteiger partial charge in [0.15, 0.2) is 0 Å². The molecule has 4 rings (SSSR count). The third kappa shape index (κ3) is 3.60. The van der Waals surface area contributed by atoms with E-state index < -0.39 is 5.97 Å². The number of esters is 1. The van der Waals surface area contributed by atoms with Crippen molar-refractivity contribution in [2.45, 2.75) is 13.5 Å². The van der Waals surface area contributed by atoms with Gasteiger partial charge in [0.1, 0.15) is 11.4 Å². The zero-order valence-electron chi connectivity index (χ0n) is 15.9. The van der Waals surface area contributed by atoms with E-state index in [1.165, 1.54) is 6.07 Å². The molecule has 3 aromatic rings. The number of nitrogens with zero attached hydrogens (tertiary/aromatic N) is 2. The Morgan fingerprint density at radius 3 is 2.54 bits per heavy atom. The molecule has 1 fully saturated rings. The molecule has 1 aromatic heterocycles. The molecule has 28 heavy (non-hydrogen) atoms. The predicted molar refractivity (Wildman–Crippen MR) is 106 cm³/mol. The van der Waals surface area contributed by atoms with Crippen LogP contribution in [0.3, 0.4) is 0 Å². The number of hydrogen-bond acceptors (Lipinski definition) is 5. The van der Waals surface area contributed by atoms with E-state index in [9.17, 15) is 9.18 Å². The van der Waals surface area contributed by atoms with Crippen LogP contribution in [0.1, 0.15) is 23.0 Å². The lowest BCUT2D eigenvalue weighted by Gasteiger charge is -2.36. The Bertz CT molecular complexity index is 977. The Kier molecular flexibility index (Phi) is 5.30. The number of halogens is 1. The number of piperazine rings is 1. The highest BCUT2D eigenvalue weighted by atomic mass is 19.1. The first-order chi connectivity index (χ1) is 13.7. The van der Waals surface area contributed by atoms with Crippen molar-refractivity contribution in [3.05, 3.63) is 65.7 Å². The van der Waals surface area contributed by atoms with E-state index in [2.05, 4.69) is 9.80 Å². The summed E-state index contributed by atoms with van der Waals surface area (Å²) in [6, 6.07) is 14.5. The summed E-state index contributed by atoms with van der Waals surface area (Å²) >= 11 is 0. The summed E-state index contributed by atoms with van der Waals surface area (Å²) in [5.41, 5.74) is 2.18. The van der Waals surface area contributed by atoms with Crippen molar-refractivity contribution in [3.8, 4) is 0 Å². The van der Waals surface area contributed by atoms with Crippen molar-refractivity contribution >= 4 is 22.6 Å².